The average Bonchev–Trinajstić information content (AvgIpc) is 2.78. The predicted molar refractivity (Wildman–Crippen MR) is 62.8 cm³/mol. The fourth-order valence-electron chi connectivity index (χ4n) is 1.80. The maximum atomic E-state index is 10.6. The van der Waals surface area contributed by atoms with Crippen molar-refractivity contribution in [3.05, 3.63) is 17.8 Å². The van der Waals surface area contributed by atoms with Crippen molar-refractivity contribution in [3.63, 3.8) is 0 Å². The number of hydrogen-bond acceptors (Lipinski definition) is 4. The SMILES string of the molecule is COc1cc2cc([C]=O)[nH]c2c(OC)c1OC. The van der Waals surface area contributed by atoms with E-state index in [1.54, 1.807) is 25.5 Å². The molecule has 1 heterocycles. The van der Waals surface area contributed by atoms with Gasteiger partial charge in [-0.1, -0.05) is 0 Å². The molecule has 0 amide bonds. The van der Waals surface area contributed by atoms with E-state index in [0.29, 0.717) is 28.5 Å². The quantitative estimate of drug-likeness (QED) is 0.873. The van der Waals surface area contributed by atoms with Gasteiger partial charge in [-0.25, -0.2) is 0 Å². The van der Waals surface area contributed by atoms with Crippen LogP contribution in [0.5, 0.6) is 17.2 Å². The number of aromatic amines is 1. The summed E-state index contributed by atoms with van der Waals surface area (Å²) in [5, 5.41) is 0.804. The molecule has 0 bridgehead atoms. The molecule has 0 spiro atoms. The maximum Gasteiger partial charge on any atom is 0.251 e. The highest BCUT2D eigenvalue weighted by atomic mass is 16.5. The largest absolute Gasteiger partial charge is 0.493 e. The van der Waals surface area contributed by atoms with Crippen LogP contribution in [-0.4, -0.2) is 32.6 Å². The Kier molecular flexibility index (Phi) is 2.91. The Bertz CT molecular complexity index is 559. The van der Waals surface area contributed by atoms with Crippen molar-refractivity contribution in [3.8, 4) is 17.2 Å². The van der Waals surface area contributed by atoms with Crippen LogP contribution in [0.15, 0.2) is 12.1 Å². The Hall–Kier alpha value is -2.17. The van der Waals surface area contributed by atoms with Crippen molar-refractivity contribution in [2.24, 2.45) is 0 Å². The summed E-state index contributed by atoms with van der Waals surface area (Å²) in [6.45, 7) is 0. The number of hydrogen-bond donors (Lipinski definition) is 1. The van der Waals surface area contributed by atoms with Gasteiger partial charge in [-0.3, -0.25) is 4.79 Å². The molecular weight excluding hydrogens is 222 g/mol. The molecule has 89 valence electrons. The lowest BCUT2D eigenvalue weighted by Gasteiger charge is -2.12. The molecule has 1 radical (unpaired) electrons. The topological polar surface area (TPSA) is 60.6 Å². The van der Waals surface area contributed by atoms with Gasteiger partial charge in [0, 0.05) is 5.39 Å². The lowest BCUT2D eigenvalue weighted by Crippen LogP contribution is -1.95. The van der Waals surface area contributed by atoms with Gasteiger partial charge in [0.05, 0.1) is 32.5 Å². The Labute approximate surface area is 98.3 Å². The molecule has 2 aromatic rings. The van der Waals surface area contributed by atoms with E-state index in [1.165, 1.54) is 14.2 Å². The van der Waals surface area contributed by atoms with E-state index in [-0.39, 0.29) is 0 Å². The van der Waals surface area contributed by atoms with E-state index in [4.69, 9.17) is 14.2 Å². The van der Waals surface area contributed by atoms with Gasteiger partial charge in [0.25, 0.3) is 6.29 Å². The van der Waals surface area contributed by atoms with Gasteiger partial charge in [-0.15, -0.1) is 0 Å². The van der Waals surface area contributed by atoms with E-state index in [0.717, 1.165) is 5.39 Å². The second-order valence-corrected chi connectivity index (χ2v) is 3.39. The number of aromatic nitrogens is 1. The summed E-state index contributed by atoms with van der Waals surface area (Å²) in [7, 11) is 4.60. The van der Waals surface area contributed by atoms with Crippen molar-refractivity contribution in [2.45, 2.75) is 0 Å². The average molecular weight is 234 g/mol. The first kappa shape index (κ1) is 11.3. The van der Waals surface area contributed by atoms with Gasteiger partial charge in [0.15, 0.2) is 11.5 Å². The molecular formula is C12H12NO4. The number of fused-ring (bicyclic) bond motifs is 1. The van der Waals surface area contributed by atoms with Crippen molar-refractivity contribution in [1.29, 1.82) is 0 Å². The molecule has 0 aliphatic heterocycles. The molecule has 0 aliphatic rings. The van der Waals surface area contributed by atoms with Gasteiger partial charge < -0.3 is 19.2 Å². The second kappa shape index (κ2) is 4.37. The van der Waals surface area contributed by atoms with E-state index in [9.17, 15) is 4.79 Å². The first-order valence-corrected chi connectivity index (χ1v) is 4.95. The number of rotatable bonds is 4. The monoisotopic (exact) mass is 234 g/mol. The first-order valence-electron chi connectivity index (χ1n) is 4.95. The number of methoxy groups -OCH3 is 3. The van der Waals surface area contributed by atoms with Crippen LogP contribution < -0.4 is 14.2 Å². The Morgan fingerprint density at radius 1 is 1.06 bits per heavy atom. The van der Waals surface area contributed by atoms with Crippen LogP contribution in [0, 0.1) is 0 Å². The molecule has 1 aromatic heterocycles. The highest BCUT2D eigenvalue weighted by molar-refractivity contribution is 5.95. The molecule has 1 N–H and O–H groups in total. The molecule has 2 rings (SSSR count). The van der Waals surface area contributed by atoms with Crippen LogP contribution in [0.25, 0.3) is 10.9 Å². The van der Waals surface area contributed by atoms with Gasteiger partial charge in [-0.2, -0.15) is 0 Å². The van der Waals surface area contributed by atoms with Crippen LogP contribution >= 0.6 is 0 Å². The minimum Gasteiger partial charge on any atom is -0.493 e. The van der Waals surface area contributed by atoms with Crippen LogP contribution in [0.3, 0.4) is 0 Å². The van der Waals surface area contributed by atoms with Crippen molar-refractivity contribution < 1.29 is 19.0 Å². The summed E-state index contributed by atoms with van der Waals surface area (Å²) in [6, 6.07) is 3.45. The fraction of sp³-hybridized carbons (Fsp3) is 0.250. The summed E-state index contributed by atoms with van der Waals surface area (Å²) in [4.78, 5) is 13.5. The summed E-state index contributed by atoms with van der Waals surface area (Å²) < 4.78 is 15.7. The minimum absolute atomic E-state index is 0.355. The number of nitrogens with one attached hydrogen (secondary N) is 1. The molecule has 0 aliphatic carbocycles. The third kappa shape index (κ3) is 1.69. The number of ether oxygens (including phenoxy) is 3. The van der Waals surface area contributed by atoms with E-state index in [2.05, 4.69) is 4.98 Å². The van der Waals surface area contributed by atoms with Gasteiger partial charge in [-0.05, 0) is 12.1 Å². The van der Waals surface area contributed by atoms with Gasteiger partial charge in [0.2, 0.25) is 5.75 Å². The van der Waals surface area contributed by atoms with E-state index >= 15 is 0 Å². The van der Waals surface area contributed by atoms with Crippen molar-refractivity contribution in [1.82, 2.24) is 4.98 Å². The number of carbonyl (C=O) groups excluding carboxylic acids is 1. The van der Waals surface area contributed by atoms with Crippen molar-refractivity contribution >= 4 is 17.2 Å². The van der Waals surface area contributed by atoms with Gasteiger partial charge in [0.1, 0.15) is 0 Å². The number of benzene rings is 1. The zero-order chi connectivity index (χ0) is 12.4. The zero-order valence-electron chi connectivity index (χ0n) is 9.79. The van der Waals surface area contributed by atoms with Crippen molar-refractivity contribution in [2.75, 3.05) is 21.3 Å². The van der Waals surface area contributed by atoms with Gasteiger partial charge >= 0.3 is 0 Å². The fourth-order valence-corrected chi connectivity index (χ4v) is 1.80. The Morgan fingerprint density at radius 2 is 1.76 bits per heavy atom. The Balaban J connectivity index is 2.80. The third-order valence-corrected chi connectivity index (χ3v) is 2.53. The maximum absolute atomic E-state index is 10.6. The molecule has 0 atom stereocenters. The van der Waals surface area contributed by atoms with Crippen LogP contribution in [0.2, 0.25) is 0 Å². The highest BCUT2D eigenvalue weighted by Gasteiger charge is 2.17. The van der Waals surface area contributed by atoms with E-state index in [1.807, 2.05) is 0 Å². The molecule has 0 unspecified atom stereocenters. The summed E-state index contributed by atoms with van der Waals surface area (Å²) in [5.74, 6) is 1.54. The molecule has 0 fully saturated rings. The van der Waals surface area contributed by atoms with Crippen LogP contribution in [0.4, 0.5) is 0 Å². The van der Waals surface area contributed by atoms with Crippen LogP contribution in [-0.2, 0) is 4.79 Å². The molecule has 0 saturated carbocycles. The predicted octanol–water partition coefficient (Wildman–Crippen LogP) is 1.65. The highest BCUT2D eigenvalue weighted by Crippen LogP contribution is 2.42. The number of H-pyrrole nitrogens is 1. The standard InChI is InChI=1S/C12H12NO4/c1-15-9-5-7-4-8(6-14)13-10(7)12(17-3)11(9)16-2/h4-5,13H,1-3H3. The molecule has 5 nitrogen and oxygen atoms in total. The molecule has 17 heavy (non-hydrogen) atoms. The third-order valence-electron chi connectivity index (χ3n) is 2.53. The zero-order valence-corrected chi connectivity index (χ0v) is 9.79. The minimum atomic E-state index is 0.355. The van der Waals surface area contributed by atoms with Crippen LogP contribution in [0.1, 0.15) is 5.69 Å². The lowest BCUT2D eigenvalue weighted by atomic mass is 10.2. The summed E-state index contributed by atoms with van der Waals surface area (Å²) in [5.41, 5.74) is 1.04. The first-order chi connectivity index (χ1) is 8.24. The second-order valence-electron chi connectivity index (χ2n) is 3.39. The summed E-state index contributed by atoms with van der Waals surface area (Å²) >= 11 is 0. The Morgan fingerprint density at radius 3 is 2.29 bits per heavy atom. The normalized spacial score (nSPS) is 10.3. The molecule has 5 heteroatoms. The molecule has 1 aromatic carbocycles. The summed E-state index contributed by atoms with van der Waals surface area (Å²) in [6.07, 6.45) is 1.80. The smallest absolute Gasteiger partial charge is 0.251 e. The lowest BCUT2D eigenvalue weighted by molar-refractivity contribution is 0.327. The van der Waals surface area contributed by atoms with E-state index < -0.39 is 0 Å². The molecule has 0 saturated heterocycles.